The van der Waals surface area contributed by atoms with Crippen molar-refractivity contribution in [2.24, 2.45) is 11.5 Å². The average Bonchev–Trinajstić information content (AvgIpc) is 2.68. The van der Waals surface area contributed by atoms with E-state index in [2.05, 4.69) is 10.6 Å². The number of nitrogens with one attached hydrogen (secondary N) is 2. The van der Waals surface area contributed by atoms with Crippen molar-refractivity contribution in [3.05, 3.63) is 11.6 Å². The third-order valence-corrected chi connectivity index (χ3v) is 2.90. The van der Waals surface area contributed by atoms with Gasteiger partial charge in [-0.1, -0.05) is 11.3 Å². The van der Waals surface area contributed by atoms with Crippen molar-refractivity contribution in [1.29, 1.82) is 0 Å². The molecule has 0 aliphatic carbocycles. The number of hydrogen-bond acceptors (Lipinski definition) is 5. The molecule has 1 aromatic rings. The maximum Gasteiger partial charge on any atom is 0.317 e. The number of thiophene rings is 1. The number of primary amides is 2. The van der Waals surface area contributed by atoms with Crippen LogP contribution in [0.1, 0.15) is 17.3 Å². The fraction of sp³-hybridized carbons (Fsp3) is 0.300. The highest BCUT2D eigenvalue weighted by molar-refractivity contribution is 7.20. The second-order valence-electron chi connectivity index (χ2n) is 3.39. The van der Waals surface area contributed by atoms with E-state index < -0.39 is 11.9 Å². The molecule has 1 heterocycles. The number of nitrogens with two attached hydrogens (primary N) is 2. The molecular weight excluding hydrogens is 272 g/mol. The Morgan fingerprint density at radius 2 is 2.00 bits per heavy atom. The molecule has 0 atom stereocenters. The number of hydrogen-bond donors (Lipinski definition) is 4. The number of anilines is 2. The summed E-state index contributed by atoms with van der Waals surface area (Å²) >= 11 is 0.978. The van der Waals surface area contributed by atoms with Crippen molar-refractivity contribution < 1.29 is 19.1 Å². The summed E-state index contributed by atoms with van der Waals surface area (Å²) in [5.41, 5.74) is 10.2. The summed E-state index contributed by atoms with van der Waals surface area (Å²) in [4.78, 5) is 33.4. The SMILES string of the molecule is CCOCC(=O)Nc1cc(C(N)=O)c(NC(N)=O)s1. The van der Waals surface area contributed by atoms with Crippen LogP contribution in [0.15, 0.2) is 6.07 Å². The first-order valence-electron chi connectivity index (χ1n) is 5.31. The highest BCUT2D eigenvalue weighted by Crippen LogP contribution is 2.31. The van der Waals surface area contributed by atoms with E-state index in [1.165, 1.54) is 6.07 Å². The van der Waals surface area contributed by atoms with Crippen molar-refractivity contribution >= 4 is 39.2 Å². The van der Waals surface area contributed by atoms with Gasteiger partial charge < -0.3 is 21.5 Å². The largest absolute Gasteiger partial charge is 0.372 e. The van der Waals surface area contributed by atoms with Crippen LogP contribution >= 0.6 is 11.3 Å². The molecule has 0 radical (unpaired) electrons. The maximum absolute atomic E-state index is 11.4. The van der Waals surface area contributed by atoms with Gasteiger partial charge in [-0.15, -0.1) is 0 Å². The minimum Gasteiger partial charge on any atom is -0.372 e. The summed E-state index contributed by atoms with van der Waals surface area (Å²) in [6, 6.07) is 0.541. The molecule has 0 saturated heterocycles. The monoisotopic (exact) mass is 286 g/mol. The molecule has 6 N–H and O–H groups in total. The van der Waals surface area contributed by atoms with E-state index in [1.807, 2.05) is 0 Å². The molecule has 4 amide bonds. The summed E-state index contributed by atoms with van der Waals surface area (Å²) in [6.07, 6.45) is 0. The molecule has 104 valence electrons. The van der Waals surface area contributed by atoms with Crippen molar-refractivity contribution in [3.8, 4) is 0 Å². The minimum absolute atomic E-state index is 0.0792. The zero-order valence-corrected chi connectivity index (χ0v) is 11.0. The number of rotatable bonds is 6. The van der Waals surface area contributed by atoms with E-state index in [9.17, 15) is 14.4 Å². The fourth-order valence-electron chi connectivity index (χ4n) is 1.21. The molecule has 0 spiro atoms. The Kier molecular flexibility index (Phi) is 5.27. The number of carbonyl (C=O) groups is 3. The number of amides is 4. The van der Waals surface area contributed by atoms with E-state index >= 15 is 0 Å². The normalized spacial score (nSPS) is 9.95. The van der Waals surface area contributed by atoms with Gasteiger partial charge in [0.15, 0.2) is 0 Å². The summed E-state index contributed by atoms with van der Waals surface area (Å²) < 4.78 is 4.93. The zero-order valence-electron chi connectivity index (χ0n) is 10.2. The van der Waals surface area contributed by atoms with Crippen LogP contribution in [-0.2, 0) is 9.53 Å². The highest BCUT2D eigenvalue weighted by Gasteiger charge is 2.16. The van der Waals surface area contributed by atoms with Crippen LogP contribution in [0.5, 0.6) is 0 Å². The van der Waals surface area contributed by atoms with Gasteiger partial charge in [0.2, 0.25) is 0 Å². The van der Waals surface area contributed by atoms with E-state index in [0.717, 1.165) is 11.3 Å². The molecule has 0 saturated carbocycles. The van der Waals surface area contributed by atoms with Crippen LogP contribution in [-0.4, -0.2) is 31.1 Å². The molecule has 1 aromatic heterocycles. The first kappa shape index (κ1) is 14.9. The number of ether oxygens (including phenoxy) is 1. The highest BCUT2D eigenvalue weighted by atomic mass is 32.1. The molecule has 0 aliphatic heterocycles. The Labute approximate surface area is 113 Å². The Morgan fingerprint density at radius 1 is 1.32 bits per heavy atom. The van der Waals surface area contributed by atoms with E-state index in [0.29, 0.717) is 11.6 Å². The van der Waals surface area contributed by atoms with Crippen LogP contribution < -0.4 is 22.1 Å². The summed E-state index contributed by atoms with van der Waals surface area (Å²) in [5, 5.41) is 5.34. The molecule has 0 aromatic carbocycles. The Bertz CT molecular complexity index is 500. The van der Waals surface area contributed by atoms with Gasteiger partial charge in [-0.3, -0.25) is 14.9 Å². The smallest absolute Gasteiger partial charge is 0.317 e. The van der Waals surface area contributed by atoms with Crippen molar-refractivity contribution in [2.45, 2.75) is 6.92 Å². The predicted molar refractivity (Wildman–Crippen MR) is 71.2 cm³/mol. The summed E-state index contributed by atoms with van der Waals surface area (Å²) in [7, 11) is 0. The molecule has 0 fully saturated rings. The molecule has 1 rings (SSSR count). The van der Waals surface area contributed by atoms with Gasteiger partial charge in [0, 0.05) is 6.61 Å². The Balaban J connectivity index is 2.82. The van der Waals surface area contributed by atoms with Crippen LogP contribution in [0.2, 0.25) is 0 Å². The number of carbonyl (C=O) groups excluding carboxylic acids is 3. The van der Waals surface area contributed by atoms with Crippen LogP contribution in [0.25, 0.3) is 0 Å². The molecular formula is C10H14N4O4S. The van der Waals surface area contributed by atoms with Gasteiger partial charge >= 0.3 is 6.03 Å². The Hall–Kier alpha value is -2.13. The lowest BCUT2D eigenvalue weighted by atomic mass is 10.3. The first-order chi connectivity index (χ1) is 8.93. The maximum atomic E-state index is 11.4. The van der Waals surface area contributed by atoms with Gasteiger partial charge in [0.05, 0.1) is 10.6 Å². The summed E-state index contributed by atoms with van der Waals surface area (Å²) in [5.74, 6) is -1.10. The van der Waals surface area contributed by atoms with Crippen LogP contribution in [0.4, 0.5) is 14.8 Å². The predicted octanol–water partition coefficient (Wildman–Crippen LogP) is 0.313. The topological polar surface area (TPSA) is 137 Å². The van der Waals surface area contributed by atoms with Crippen LogP contribution in [0.3, 0.4) is 0 Å². The van der Waals surface area contributed by atoms with Crippen molar-refractivity contribution in [2.75, 3.05) is 23.8 Å². The molecule has 19 heavy (non-hydrogen) atoms. The van der Waals surface area contributed by atoms with Gasteiger partial charge in [-0.2, -0.15) is 0 Å². The lowest BCUT2D eigenvalue weighted by Gasteiger charge is -2.01. The second kappa shape index (κ2) is 6.71. The quantitative estimate of drug-likeness (QED) is 0.598. The van der Waals surface area contributed by atoms with E-state index in [-0.39, 0.29) is 23.1 Å². The average molecular weight is 286 g/mol. The second-order valence-corrected chi connectivity index (χ2v) is 4.44. The zero-order chi connectivity index (χ0) is 14.4. The van der Waals surface area contributed by atoms with Gasteiger partial charge in [-0.25, -0.2) is 4.79 Å². The summed E-state index contributed by atoms with van der Waals surface area (Å²) in [6.45, 7) is 2.08. The molecule has 0 aliphatic rings. The van der Waals surface area contributed by atoms with Gasteiger partial charge in [0.25, 0.3) is 11.8 Å². The molecule has 0 unspecified atom stereocenters. The van der Waals surface area contributed by atoms with Crippen molar-refractivity contribution in [1.82, 2.24) is 0 Å². The molecule has 8 nitrogen and oxygen atoms in total. The number of urea groups is 1. The Morgan fingerprint density at radius 3 is 2.53 bits per heavy atom. The molecule has 9 heteroatoms. The van der Waals surface area contributed by atoms with E-state index in [4.69, 9.17) is 16.2 Å². The van der Waals surface area contributed by atoms with Gasteiger partial charge in [-0.05, 0) is 13.0 Å². The van der Waals surface area contributed by atoms with E-state index in [1.54, 1.807) is 6.92 Å². The third-order valence-electron chi connectivity index (χ3n) is 1.93. The lowest BCUT2D eigenvalue weighted by Crippen LogP contribution is -2.21. The van der Waals surface area contributed by atoms with Crippen molar-refractivity contribution in [3.63, 3.8) is 0 Å². The van der Waals surface area contributed by atoms with Crippen LogP contribution in [0, 0.1) is 0 Å². The molecule has 0 bridgehead atoms. The standard InChI is InChI=1S/C10H14N4O4S/c1-2-18-4-6(15)13-7-3-5(8(11)16)9(19-7)14-10(12)17/h3H,2,4H2,1H3,(H2,11,16)(H,13,15)(H3,12,14,17). The fourth-order valence-corrected chi connectivity index (χ4v) is 2.19. The minimum atomic E-state index is -0.823. The third kappa shape index (κ3) is 4.56. The lowest BCUT2D eigenvalue weighted by molar-refractivity contribution is -0.120. The van der Waals surface area contributed by atoms with Gasteiger partial charge in [0.1, 0.15) is 11.6 Å². The first-order valence-corrected chi connectivity index (χ1v) is 6.13.